The smallest absolute Gasteiger partial charge is 0.124 e. The Labute approximate surface area is 123 Å². The van der Waals surface area contributed by atoms with Crippen LogP contribution < -0.4 is 10.6 Å². The van der Waals surface area contributed by atoms with Gasteiger partial charge in [0.15, 0.2) is 0 Å². The van der Waals surface area contributed by atoms with Crippen molar-refractivity contribution in [2.24, 2.45) is 5.73 Å². The molecular weight excluding hydrogens is 266 g/mol. The summed E-state index contributed by atoms with van der Waals surface area (Å²) < 4.78 is 0. The van der Waals surface area contributed by atoms with E-state index in [1.807, 2.05) is 23.5 Å². The molecule has 1 unspecified atom stereocenters. The first-order valence-corrected chi connectivity index (χ1v) is 7.74. The van der Waals surface area contributed by atoms with Crippen molar-refractivity contribution in [1.82, 2.24) is 0 Å². The van der Waals surface area contributed by atoms with Gasteiger partial charge in [0, 0.05) is 22.7 Å². The van der Waals surface area contributed by atoms with E-state index in [1.54, 1.807) is 0 Å². The second-order valence-electron chi connectivity index (χ2n) is 5.35. The fraction of sp³-hybridized carbons (Fsp3) is 0.312. The van der Waals surface area contributed by atoms with Gasteiger partial charge in [-0.2, -0.15) is 0 Å². The van der Waals surface area contributed by atoms with Crippen LogP contribution in [0.3, 0.4) is 0 Å². The van der Waals surface area contributed by atoms with Gasteiger partial charge in [-0.15, -0.1) is 11.3 Å². The molecule has 0 spiro atoms. The van der Waals surface area contributed by atoms with Crippen molar-refractivity contribution in [2.45, 2.75) is 26.3 Å². The molecule has 1 aromatic carbocycles. The molecule has 2 heterocycles. The van der Waals surface area contributed by atoms with E-state index < -0.39 is 0 Å². The number of hydrogen-bond acceptors (Lipinski definition) is 3. The van der Waals surface area contributed by atoms with Gasteiger partial charge in [-0.25, -0.2) is 0 Å². The molecule has 0 radical (unpaired) electrons. The average molecular weight is 285 g/mol. The van der Waals surface area contributed by atoms with E-state index in [-0.39, 0.29) is 5.84 Å². The zero-order valence-electron chi connectivity index (χ0n) is 11.8. The van der Waals surface area contributed by atoms with Crippen LogP contribution in [0.15, 0.2) is 29.6 Å². The first kappa shape index (κ1) is 13.2. The van der Waals surface area contributed by atoms with Crippen LogP contribution in [0.2, 0.25) is 0 Å². The number of aryl methyl sites for hydroxylation is 1. The first-order valence-electron chi connectivity index (χ1n) is 6.86. The highest BCUT2D eigenvalue weighted by molar-refractivity contribution is 7.10. The molecule has 2 aromatic rings. The van der Waals surface area contributed by atoms with E-state index in [0.29, 0.717) is 6.04 Å². The lowest BCUT2D eigenvalue weighted by Crippen LogP contribution is -2.34. The average Bonchev–Trinajstić information content (AvgIpc) is 2.88. The number of anilines is 1. The van der Waals surface area contributed by atoms with Gasteiger partial charge < -0.3 is 10.6 Å². The molecule has 0 aliphatic carbocycles. The summed E-state index contributed by atoms with van der Waals surface area (Å²) in [5.74, 6) is 0.142. The predicted octanol–water partition coefficient (Wildman–Crippen LogP) is 3.46. The third kappa shape index (κ3) is 2.10. The third-order valence-electron chi connectivity index (χ3n) is 4.03. The largest absolute Gasteiger partial charge is 0.384 e. The maximum Gasteiger partial charge on any atom is 0.124 e. The first-order chi connectivity index (χ1) is 9.58. The summed E-state index contributed by atoms with van der Waals surface area (Å²) in [5.41, 5.74) is 10.3. The summed E-state index contributed by atoms with van der Waals surface area (Å²) in [4.78, 5) is 3.87. The number of hydrogen-bond donors (Lipinski definition) is 2. The standard InChI is InChI=1S/C16H19N3S/c1-10-3-4-13(16(17)18)14(9-10)19-7-5-15-12(11(19)2)6-8-20-15/h3-4,6,8-9,11H,5,7H2,1-2H3,(H3,17,18). The molecule has 1 aromatic heterocycles. The number of nitrogens with one attached hydrogen (secondary N) is 1. The van der Waals surface area contributed by atoms with Gasteiger partial charge in [0.2, 0.25) is 0 Å². The minimum atomic E-state index is 0.142. The van der Waals surface area contributed by atoms with Gasteiger partial charge >= 0.3 is 0 Å². The number of fused-ring (bicyclic) bond motifs is 1. The van der Waals surface area contributed by atoms with Gasteiger partial charge in [0.1, 0.15) is 5.84 Å². The van der Waals surface area contributed by atoms with Crippen molar-refractivity contribution in [3.05, 3.63) is 51.2 Å². The number of thiophene rings is 1. The molecule has 1 aliphatic heterocycles. The lowest BCUT2D eigenvalue weighted by atomic mass is 9.98. The topological polar surface area (TPSA) is 53.1 Å². The molecule has 0 saturated heterocycles. The Morgan fingerprint density at radius 2 is 2.20 bits per heavy atom. The molecule has 3 rings (SSSR count). The fourth-order valence-corrected chi connectivity index (χ4v) is 3.91. The summed E-state index contributed by atoms with van der Waals surface area (Å²) in [6, 6.07) is 8.68. The van der Waals surface area contributed by atoms with Gasteiger partial charge in [0.25, 0.3) is 0 Å². The van der Waals surface area contributed by atoms with E-state index >= 15 is 0 Å². The van der Waals surface area contributed by atoms with Crippen LogP contribution in [-0.4, -0.2) is 12.4 Å². The minimum absolute atomic E-state index is 0.142. The molecule has 0 amide bonds. The minimum Gasteiger partial charge on any atom is -0.384 e. The molecule has 3 nitrogen and oxygen atoms in total. The summed E-state index contributed by atoms with van der Waals surface area (Å²) in [5, 5.41) is 9.97. The van der Waals surface area contributed by atoms with Gasteiger partial charge in [0.05, 0.1) is 6.04 Å². The molecule has 3 N–H and O–H groups in total. The van der Waals surface area contributed by atoms with Crippen LogP contribution in [0.4, 0.5) is 5.69 Å². The maximum absolute atomic E-state index is 7.80. The van der Waals surface area contributed by atoms with Crippen LogP contribution in [0.1, 0.15) is 34.5 Å². The van der Waals surface area contributed by atoms with Crippen LogP contribution in [-0.2, 0) is 6.42 Å². The normalized spacial score (nSPS) is 17.9. The number of nitrogens with zero attached hydrogens (tertiary/aromatic N) is 1. The highest BCUT2D eigenvalue weighted by atomic mass is 32.1. The maximum atomic E-state index is 7.80. The van der Waals surface area contributed by atoms with Crippen molar-refractivity contribution < 1.29 is 0 Å². The fourth-order valence-electron chi connectivity index (χ4n) is 2.95. The summed E-state index contributed by atoms with van der Waals surface area (Å²) in [7, 11) is 0. The molecule has 0 bridgehead atoms. The van der Waals surface area contributed by atoms with E-state index in [2.05, 4.69) is 36.3 Å². The lowest BCUT2D eigenvalue weighted by Gasteiger charge is -2.36. The number of nitrogen functional groups attached to an aromatic ring is 1. The van der Waals surface area contributed by atoms with Gasteiger partial charge in [-0.1, -0.05) is 6.07 Å². The quantitative estimate of drug-likeness (QED) is 0.656. The van der Waals surface area contributed by atoms with Crippen molar-refractivity contribution >= 4 is 22.9 Å². The zero-order chi connectivity index (χ0) is 14.3. The predicted molar refractivity (Wildman–Crippen MR) is 86.0 cm³/mol. The highest BCUT2D eigenvalue weighted by Gasteiger charge is 2.26. The van der Waals surface area contributed by atoms with Crippen LogP contribution in [0.5, 0.6) is 0 Å². The number of amidine groups is 1. The van der Waals surface area contributed by atoms with E-state index in [1.165, 1.54) is 16.0 Å². The summed E-state index contributed by atoms with van der Waals surface area (Å²) >= 11 is 1.85. The van der Waals surface area contributed by atoms with Crippen LogP contribution >= 0.6 is 11.3 Å². The van der Waals surface area contributed by atoms with Crippen molar-refractivity contribution in [1.29, 1.82) is 5.41 Å². The van der Waals surface area contributed by atoms with Crippen molar-refractivity contribution in [3.8, 4) is 0 Å². The molecule has 0 fully saturated rings. The van der Waals surface area contributed by atoms with Gasteiger partial charge in [-0.05, 0) is 55.0 Å². The second kappa shape index (κ2) is 4.94. The Bertz CT molecular complexity index is 659. The SMILES string of the molecule is Cc1ccc(C(=N)N)c(N2CCc3sccc3C2C)c1. The Kier molecular flexibility index (Phi) is 3.26. The van der Waals surface area contributed by atoms with E-state index in [4.69, 9.17) is 11.1 Å². The second-order valence-corrected chi connectivity index (χ2v) is 6.35. The molecule has 20 heavy (non-hydrogen) atoms. The van der Waals surface area contributed by atoms with Gasteiger partial charge in [-0.3, -0.25) is 5.41 Å². The van der Waals surface area contributed by atoms with E-state index in [9.17, 15) is 0 Å². The molecule has 1 aliphatic rings. The Morgan fingerprint density at radius 3 is 2.95 bits per heavy atom. The van der Waals surface area contributed by atoms with Crippen molar-refractivity contribution in [3.63, 3.8) is 0 Å². The van der Waals surface area contributed by atoms with Crippen molar-refractivity contribution in [2.75, 3.05) is 11.4 Å². The molecule has 0 saturated carbocycles. The van der Waals surface area contributed by atoms with Crippen LogP contribution in [0, 0.1) is 12.3 Å². The highest BCUT2D eigenvalue weighted by Crippen LogP contribution is 2.37. The summed E-state index contributed by atoms with van der Waals surface area (Å²) in [6.07, 6.45) is 1.07. The monoisotopic (exact) mass is 285 g/mol. The van der Waals surface area contributed by atoms with E-state index in [0.717, 1.165) is 24.2 Å². The van der Waals surface area contributed by atoms with Crippen LogP contribution in [0.25, 0.3) is 0 Å². The molecule has 1 atom stereocenters. The third-order valence-corrected chi connectivity index (χ3v) is 5.03. The molecular formula is C16H19N3S. The number of rotatable bonds is 2. The zero-order valence-corrected chi connectivity index (χ0v) is 12.6. The lowest BCUT2D eigenvalue weighted by molar-refractivity contribution is 0.632. The Balaban J connectivity index is 2.06. The molecule has 4 heteroatoms. The Hall–Kier alpha value is -1.81. The number of benzene rings is 1. The number of nitrogens with two attached hydrogens (primary N) is 1. The molecule has 104 valence electrons. The summed E-state index contributed by atoms with van der Waals surface area (Å²) in [6.45, 7) is 5.30. The Morgan fingerprint density at radius 1 is 1.40 bits per heavy atom.